The van der Waals surface area contributed by atoms with Gasteiger partial charge in [-0.1, -0.05) is 0 Å². The minimum absolute atomic E-state index is 0.120. The van der Waals surface area contributed by atoms with Gasteiger partial charge < -0.3 is 10.2 Å². The minimum Gasteiger partial charge on any atom is -0.317 e. The van der Waals surface area contributed by atoms with Gasteiger partial charge in [-0.25, -0.2) is 4.79 Å². The van der Waals surface area contributed by atoms with Crippen molar-refractivity contribution < 1.29 is 31.6 Å². The van der Waals surface area contributed by atoms with Crippen molar-refractivity contribution >= 4 is 28.2 Å². The average Bonchev–Trinajstić information content (AvgIpc) is 3.37. The molecule has 4 aliphatic rings. The highest BCUT2D eigenvalue weighted by atomic mass is 32.3. The first-order valence-corrected chi connectivity index (χ1v) is 10.6. The second kappa shape index (κ2) is 6.83. The standard InChI is InChI=1S/C15H23N5O7S/c21-12(9-1-5-16-6-2-9)17-18-13(22)10-7-15(3-4-15)11-8-19(10)14(23)20(11)27-28(24,25)26/h9-11,16H,1-8H2,(H,17,21)(H,18,22)(H,24,25,26). The predicted octanol–water partition coefficient (Wildman–Crippen LogP) is -1.47. The van der Waals surface area contributed by atoms with E-state index in [4.69, 9.17) is 4.55 Å². The van der Waals surface area contributed by atoms with E-state index < -0.39 is 39.8 Å². The van der Waals surface area contributed by atoms with Crippen LogP contribution in [0.4, 0.5) is 4.79 Å². The van der Waals surface area contributed by atoms with Gasteiger partial charge in [0.05, 0.1) is 6.04 Å². The van der Waals surface area contributed by atoms with E-state index in [-0.39, 0.29) is 18.4 Å². The van der Waals surface area contributed by atoms with Crippen LogP contribution in [-0.2, 0) is 24.3 Å². The Morgan fingerprint density at radius 2 is 1.82 bits per heavy atom. The molecule has 3 aliphatic heterocycles. The van der Waals surface area contributed by atoms with Gasteiger partial charge in [-0.2, -0.15) is 13.5 Å². The number of nitrogens with zero attached hydrogens (tertiary/aromatic N) is 2. The van der Waals surface area contributed by atoms with Crippen molar-refractivity contribution in [1.29, 1.82) is 0 Å². The van der Waals surface area contributed by atoms with Crippen LogP contribution in [0.1, 0.15) is 32.1 Å². The number of rotatable bonds is 4. The van der Waals surface area contributed by atoms with Crippen molar-refractivity contribution in [2.45, 2.75) is 44.2 Å². The topological polar surface area (TPSA) is 157 Å². The lowest BCUT2D eigenvalue weighted by atomic mass is 9.85. The zero-order valence-corrected chi connectivity index (χ0v) is 15.9. The van der Waals surface area contributed by atoms with Crippen molar-refractivity contribution in [3.8, 4) is 0 Å². The summed E-state index contributed by atoms with van der Waals surface area (Å²) in [7, 11) is -4.86. The van der Waals surface area contributed by atoms with Crippen LogP contribution in [0.15, 0.2) is 0 Å². The first kappa shape index (κ1) is 19.4. The number of hydrogen-bond acceptors (Lipinski definition) is 7. The molecule has 0 radical (unpaired) electrons. The average molecular weight is 417 g/mol. The summed E-state index contributed by atoms with van der Waals surface area (Å²) in [6.07, 6.45) is 3.14. The number of carbonyl (C=O) groups excluding carboxylic acids is 3. The van der Waals surface area contributed by atoms with E-state index in [0.717, 1.165) is 25.9 Å². The molecule has 2 unspecified atom stereocenters. The Morgan fingerprint density at radius 1 is 1.18 bits per heavy atom. The number of hydroxylamine groups is 2. The van der Waals surface area contributed by atoms with Crippen molar-refractivity contribution in [3.63, 3.8) is 0 Å². The van der Waals surface area contributed by atoms with Gasteiger partial charge >= 0.3 is 16.4 Å². The molecule has 0 aromatic heterocycles. The van der Waals surface area contributed by atoms with Crippen LogP contribution in [0, 0.1) is 11.3 Å². The molecule has 4 rings (SSSR count). The number of nitrogens with one attached hydrogen (secondary N) is 3. The fourth-order valence-electron chi connectivity index (χ4n) is 4.44. The molecule has 13 heteroatoms. The minimum atomic E-state index is -4.86. The quantitative estimate of drug-likeness (QED) is 0.319. The number of piperidine rings is 2. The van der Waals surface area contributed by atoms with Crippen LogP contribution in [-0.4, -0.2) is 72.5 Å². The lowest BCUT2D eigenvalue weighted by Gasteiger charge is -2.35. The molecule has 4 N–H and O–H groups in total. The van der Waals surface area contributed by atoms with E-state index in [9.17, 15) is 22.8 Å². The zero-order valence-electron chi connectivity index (χ0n) is 15.1. The molecule has 4 fully saturated rings. The third-order valence-electron chi connectivity index (χ3n) is 6.16. The highest BCUT2D eigenvalue weighted by Gasteiger charge is 2.65. The van der Waals surface area contributed by atoms with Crippen LogP contribution < -0.4 is 16.2 Å². The lowest BCUT2D eigenvalue weighted by Crippen LogP contribution is -2.57. The molecule has 0 aromatic carbocycles. The molecule has 2 bridgehead atoms. The Morgan fingerprint density at radius 3 is 2.43 bits per heavy atom. The van der Waals surface area contributed by atoms with Crippen LogP contribution in [0.3, 0.4) is 0 Å². The van der Waals surface area contributed by atoms with Gasteiger partial charge in [-0.15, -0.1) is 4.28 Å². The summed E-state index contributed by atoms with van der Waals surface area (Å²) in [5.74, 6) is -0.984. The second-order valence-corrected chi connectivity index (χ2v) is 8.87. The lowest BCUT2D eigenvalue weighted by molar-refractivity contribution is -0.134. The second-order valence-electron chi connectivity index (χ2n) is 7.86. The van der Waals surface area contributed by atoms with Crippen LogP contribution in [0.2, 0.25) is 0 Å². The molecular weight excluding hydrogens is 394 g/mol. The third kappa shape index (κ3) is 3.54. The molecule has 0 aromatic rings. The SMILES string of the molecule is O=C(NNC(=O)C1CC2(CC2)C2CN1C(=O)N2OS(=O)(=O)O)C1CCNCC1. The zero-order chi connectivity index (χ0) is 20.1. The maximum Gasteiger partial charge on any atom is 0.418 e. The summed E-state index contributed by atoms with van der Waals surface area (Å²) in [5.41, 5.74) is 4.41. The number of urea groups is 1. The molecule has 3 heterocycles. The highest BCUT2D eigenvalue weighted by molar-refractivity contribution is 7.80. The number of amides is 4. The maximum absolute atomic E-state index is 12.7. The Kier molecular flexibility index (Phi) is 4.72. The molecule has 2 atom stereocenters. The van der Waals surface area contributed by atoms with E-state index in [2.05, 4.69) is 20.5 Å². The first-order valence-electron chi connectivity index (χ1n) is 9.27. The van der Waals surface area contributed by atoms with Crippen molar-refractivity contribution in [3.05, 3.63) is 0 Å². The smallest absolute Gasteiger partial charge is 0.317 e. The predicted molar refractivity (Wildman–Crippen MR) is 92.3 cm³/mol. The van der Waals surface area contributed by atoms with Gasteiger partial charge in [0.15, 0.2) is 0 Å². The van der Waals surface area contributed by atoms with E-state index in [0.29, 0.717) is 24.3 Å². The molecule has 12 nitrogen and oxygen atoms in total. The van der Waals surface area contributed by atoms with Crippen molar-refractivity contribution in [1.82, 2.24) is 26.1 Å². The largest absolute Gasteiger partial charge is 0.418 e. The number of carbonyl (C=O) groups is 3. The number of hydrazine groups is 1. The summed E-state index contributed by atoms with van der Waals surface area (Å²) < 4.78 is 35.6. The Labute approximate surface area is 161 Å². The molecule has 1 saturated carbocycles. The van der Waals surface area contributed by atoms with Gasteiger partial charge in [0.2, 0.25) is 5.91 Å². The van der Waals surface area contributed by atoms with Gasteiger partial charge in [-0.3, -0.25) is 25.0 Å². The summed E-state index contributed by atoms with van der Waals surface area (Å²) in [6.45, 7) is 1.60. The maximum atomic E-state index is 12.7. The number of fused-ring (bicyclic) bond motifs is 3. The summed E-state index contributed by atoms with van der Waals surface area (Å²) in [4.78, 5) is 38.6. The number of hydrogen-bond donors (Lipinski definition) is 4. The summed E-state index contributed by atoms with van der Waals surface area (Å²) >= 11 is 0. The summed E-state index contributed by atoms with van der Waals surface area (Å²) in [6, 6.07) is -2.19. The van der Waals surface area contributed by atoms with E-state index in [1.165, 1.54) is 4.90 Å². The highest BCUT2D eigenvalue weighted by Crippen LogP contribution is 2.59. The van der Waals surface area contributed by atoms with Crippen LogP contribution in [0.25, 0.3) is 0 Å². The van der Waals surface area contributed by atoms with Crippen molar-refractivity contribution in [2.24, 2.45) is 11.3 Å². The Hall–Kier alpha value is -1.96. The van der Waals surface area contributed by atoms with E-state index in [1.807, 2.05) is 0 Å². The molecule has 3 saturated heterocycles. The summed E-state index contributed by atoms with van der Waals surface area (Å²) in [5, 5.41) is 3.81. The van der Waals surface area contributed by atoms with Gasteiger partial charge in [0.25, 0.3) is 5.91 Å². The molecular formula is C15H23N5O7S. The molecule has 28 heavy (non-hydrogen) atoms. The van der Waals surface area contributed by atoms with E-state index >= 15 is 0 Å². The van der Waals surface area contributed by atoms with Gasteiger partial charge in [-0.05, 0) is 50.6 Å². The van der Waals surface area contributed by atoms with Gasteiger partial charge in [0.1, 0.15) is 6.04 Å². The normalized spacial score (nSPS) is 29.1. The first-order chi connectivity index (χ1) is 13.2. The van der Waals surface area contributed by atoms with Crippen LogP contribution in [0.5, 0.6) is 0 Å². The fourth-order valence-corrected chi connectivity index (χ4v) is 4.81. The molecule has 1 spiro atoms. The Balaban J connectivity index is 1.42. The van der Waals surface area contributed by atoms with E-state index in [1.54, 1.807) is 0 Å². The Bertz CT molecular complexity index is 793. The molecule has 4 amide bonds. The monoisotopic (exact) mass is 417 g/mol. The van der Waals surface area contributed by atoms with Crippen molar-refractivity contribution in [2.75, 3.05) is 19.6 Å². The van der Waals surface area contributed by atoms with Crippen LogP contribution >= 0.6 is 0 Å². The van der Waals surface area contributed by atoms with Gasteiger partial charge in [0, 0.05) is 12.5 Å². The molecule has 1 aliphatic carbocycles. The molecule has 156 valence electrons. The fraction of sp³-hybridized carbons (Fsp3) is 0.800. The third-order valence-corrected chi connectivity index (χ3v) is 6.51.